The Labute approximate surface area is 387 Å². The molecule has 0 aromatic heterocycles. The fraction of sp³-hybridized carbons (Fsp3) is 0.561. The summed E-state index contributed by atoms with van der Waals surface area (Å²) in [5.74, 6) is -60.1. The third-order valence-corrected chi connectivity index (χ3v) is 16.5. The van der Waals surface area contributed by atoms with Crippen LogP contribution in [0.4, 0.5) is 93.9 Å². The van der Waals surface area contributed by atoms with Gasteiger partial charge in [-0.3, -0.25) is 15.3 Å². The SMILES string of the molecule is CO[C@@H](/C(C)=C/C(C)=C/C(=O)NO)[C@@H](OC(=O)Nc1ccc(F)cc1F)c1ccc(OCCO[Si](CCC(F)(F)C(F)(F)C(F)(F)C(F)(F)C(F)(F)C(F)(F)C(F)(F)C(F)(F)F)(C(C)C)C(C)C)cc1. The molecule has 0 aliphatic carbocycles. The number of carbonyl (C=O) groups excluding carboxylic acids is 2. The van der Waals surface area contributed by atoms with Crippen LogP contribution in [0.3, 0.4) is 0 Å². The van der Waals surface area contributed by atoms with Crippen LogP contribution in [0.2, 0.25) is 17.1 Å². The molecule has 398 valence electrons. The maximum atomic E-state index is 15.0. The highest BCUT2D eigenvalue weighted by Gasteiger charge is 2.95. The Morgan fingerprint density at radius 3 is 1.66 bits per heavy atom. The lowest BCUT2D eigenvalue weighted by molar-refractivity contribution is -0.461. The molecule has 0 saturated heterocycles. The van der Waals surface area contributed by atoms with Crippen molar-refractivity contribution in [1.82, 2.24) is 5.48 Å². The summed E-state index contributed by atoms with van der Waals surface area (Å²) in [4.78, 5) is 24.6. The Morgan fingerprint density at radius 1 is 0.700 bits per heavy atom. The van der Waals surface area contributed by atoms with E-state index in [1.54, 1.807) is 0 Å². The number of alkyl halides is 17. The molecule has 0 heterocycles. The number of halogens is 19. The van der Waals surface area contributed by atoms with Crippen LogP contribution in [0.25, 0.3) is 0 Å². The molecule has 2 aromatic rings. The highest BCUT2D eigenvalue weighted by Crippen LogP contribution is 2.64. The van der Waals surface area contributed by atoms with Crippen molar-refractivity contribution in [2.24, 2.45) is 0 Å². The molecule has 2 amide bonds. The third-order valence-electron chi connectivity index (χ3n) is 10.8. The van der Waals surface area contributed by atoms with Gasteiger partial charge in [-0.25, -0.2) is 19.1 Å². The molecular formula is C41H45F19N2O7Si. The molecule has 70 heavy (non-hydrogen) atoms. The van der Waals surface area contributed by atoms with Crippen LogP contribution in [-0.4, -0.2) is 99.6 Å². The van der Waals surface area contributed by atoms with Crippen molar-refractivity contribution in [3.05, 3.63) is 83.0 Å². The van der Waals surface area contributed by atoms with Crippen LogP contribution in [0.1, 0.15) is 59.6 Å². The minimum atomic E-state index is -8.73. The lowest BCUT2D eigenvalue weighted by Crippen LogP contribution is -2.74. The molecule has 29 heteroatoms. The first kappa shape index (κ1) is 61.3. The lowest BCUT2D eigenvalue weighted by atomic mass is 9.88. The van der Waals surface area contributed by atoms with Crippen LogP contribution in [0.15, 0.2) is 65.8 Å². The molecule has 9 nitrogen and oxygen atoms in total. The van der Waals surface area contributed by atoms with Crippen LogP contribution in [0.5, 0.6) is 5.75 Å². The van der Waals surface area contributed by atoms with E-state index in [1.807, 2.05) is 0 Å². The van der Waals surface area contributed by atoms with E-state index in [0.29, 0.717) is 11.6 Å². The minimum absolute atomic E-state index is 0.00923. The number of amides is 2. The molecule has 2 aromatic carbocycles. The van der Waals surface area contributed by atoms with E-state index in [0.717, 1.165) is 18.2 Å². The fourth-order valence-electron chi connectivity index (χ4n) is 6.92. The maximum absolute atomic E-state index is 15.0. The average molecular weight is 1070 g/mol. The smallest absolute Gasteiger partial charge is 0.460 e. The van der Waals surface area contributed by atoms with E-state index in [4.69, 9.17) is 23.8 Å². The van der Waals surface area contributed by atoms with Crippen molar-refractivity contribution < 1.29 is 117 Å². The lowest BCUT2D eigenvalue weighted by Gasteiger charge is -2.44. The number of ether oxygens (including phenoxy) is 3. The second kappa shape index (κ2) is 22.3. The van der Waals surface area contributed by atoms with Crippen molar-refractivity contribution in [1.29, 1.82) is 0 Å². The van der Waals surface area contributed by atoms with Crippen molar-refractivity contribution in [2.75, 3.05) is 25.6 Å². The molecule has 0 aliphatic rings. The summed E-state index contributed by atoms with van der Waals surface area (Å²) >= 11 is 0. The van der Waals surface area contributed by atoms with E-state index in [1.165, 1.54) is 84.5 Å². The Bertz CT molecular complexity index is 2160. The first-order valence-corrected chi connectivity index (χ1v) is 22.3. The van der Waals surface area contributed by atoms with E-state index in [9.17, 15) is 84.2 Å². The Balaban J connectivity index is 2.40. The Morgan fingerprint density at radius 2 is 1.20 bits per heavy atom. The predicted octanol–water partition coefficient (Wildman–Crippen LogP) is 13.2. The molecule has 2 rings (SSSR count). The molecule has 0 saturated carbocycles. The number of anilines is 1. The average Bonchev–Trinajstić information content (AvgIpc) is 3.23. The number of hydroxylamine groups is 1. The zero-order valence-electron chi connectivity index (χ0n) is 37.4. The van der Waals surface area contributed by atoms with E-state index >= 15 is 8.78 Å². The maximum Gasteiger partial charge on any atom is 0.460 e. The van der Waals surface area contributed by atoms with Gasteiger partial charge in [0, 0.05) is 25.7 Å². The molecular weight excluding hydrogens is 1020 g/mol. The van der Waals surface area contributed by atoms with Crippen LogP contribution >= 0.6 is 0 Å². The van der Waals surface area contributed by atoms with Crippen LogP contribution in [-0.2, 0) is 18.7 Å². The van der Waals surface area contributed by atoms with Crippen molar-refractivity contribution in [3.8, 4) is 5.75 Å². The van der Waals surface area contributed by atoms with Gasteiger partial charge in [-0.1, -0.05) is 45.9 Å². The normalized spacial score (nSPS) is 15.3. The van der Waals surface area contributed by atoms with E-state index in [2.05, 4.69) is 5.32 Å². The number of methoxy groups -OCH3 is 1. The van der Waals surface area contributed by atoms with Gasteiger partial charge in [-0.2, -0.15) is 74.6 Å². The van der Waals surface area contributed by atoms with Gasteiger partial charge in [0.05, 0.1) is 12.3 Å². The number of nitrogens with one attached hydrogen (secondary N) is 2. The first-order valence-electron chi connectivity index (χ1n) is 20.0. The van der Waals surface area contributed by atoms with Gasteiger partial charge in [0.25, 0.3) is 5.91 Å². The zero-order chi connectivity index (χ0) is 54.4. The van der Waals surface area contributed by atoms with Crippen molar-refractivity contribution in [3.63, 3.8) is 0 Å². The van der Waals surface area contributed by atoms with Crippen LogP contribution in [0, 0.1) is 11.6 Å². The monoisotopic (exact) mass is 1070 g/mol. The Hall–Kier alpha value is -4.77. The summed E-state index contributed by atoms with van der Waals surface area (Å²) in [7, 11) is -2.89. The quantitative estimate of drug-likeness (QED) is 0.0182. The third kappa shape index (κ3) is 12.5. The zero-order valence-corrected chi connectivity index (χ0v) is 38.4. The molecule has 0 radical (unpaired) electrons. The van der Waals surface area contributed by atoms with Gasteiger partial charge in [0.15, 0.2) is 14.4 Å². The molecule has 0 unspecified atom stereocenters. The fourth-order valence-corrected chi connectivity index (χ4v) is 11.4. The van der Waals surface area contributed by atoms with Gasteiger partial charge < -0.3 is 18.6 Å². The summed E-state index contributed by atoms with van der Waals surface area (Å²) < 4.78 is 287. The van der Waals surface area contributed by atoms with Gasteiger partial charge in [0.1, 0.15) is 30.1 Å². The number of benzene rings is 2. The second-order valence-electron chi connectivity index (χ2n) is 16.2. The topological polar surface area (TPSA) is 115 Å². The molecule has 0 fully saturated rings. The molecule has 0 spiro atoms. The first-order chi connectivity index (χ1) is 31.7. The standard InChI is InChI=1S/C41H45F19N2O7Si/c1-21(2)70(22(3)4,17-14-34(44,45)35(46,47)36(48,49)37(50,51)38(52,53)39(54,55)40(56,57)41(58,59)60)68-16-15-67-27-11-8-25(9-12-27)32(31(66-7)24(6)18-23(5)19-30(63)62-65)69-33(64)61-29-13-10-26(42)20-28(29)43/h8-13,18-22,31-32,65H,14-17H2,1-7H3,(H,61,64)(H,62,63)/b23-19+,24-18+/t31-,32-/m0/s1. The van der Waals surface area contributed by atoms with Crippen molar-refractivity contribution in [2.45, 2.75) is 125 Å². The minimum Gasteiger partial charge on any atom is -0.491 e. The molecule has 0 bridgehead atoms. The number of allylic oxidation sites excluding steroid dienone is 2. The predicted molar refractivity (Wildman–Crippen MR) is 211 cm³/mol. The van der Waals surface area contributed by atoms with Gasteiger partial charge in [-0.05, 0) is 71.9 Å². The number of hydrogen-bond donors (Lipinski definition) is 3. The van der Waals surface area contributed by atoms with Gasteiger partial charge in [-0.15, -0.1) is 0 Å². The number of hydrogen-bond acceptors (Lipinski definition) is 7. The summed E-state index contributed by atoms with van der Waals surface area (Å²) in [6, 6.07) is 5.99. The highest BCUT2D eigenvalue weighted by atomic mass is 28.4. The second-order valence-corrected chi connectivity index (χ2v) is 21.2. The summed E-state index contributed by atoms with van der Waals surface area (Å²) in [6.45, 7) is 6.92. The summed E-state index contributed by atoms with van der Waals surface area (Å²) in [5, 5.41) is 10.9. The summed E-state index contributed by atoms with van der Waals surface area (Å²) in [5.41, 5.74) is -0.259. The largest absolute Gasteiger partial charge is 0.491 e. The van der Waals surface area contributed by atoms with Gasteiger partial charge >= 0.3 is 53.7 Å². The highest BCUT2D eigenvalue weighted by molar-refractivity contribution is 6.76. The van der Waals surface area contributed by atoms with E-state index < -0.39 is 134 Å². The number of rotatable bonds is 24. The van der Waals surface area contributed by atoms with Crippen LogP contribution < -0.4 is 15.5 Å². The molecule has 0 aliphatic heterocycles. The molecule has 2 atom stereocenters. The van der Waals surface area contributed by atoms with Crippen molar-refractivity contribution >= 4 is 26.0 Å². The van der Waals surface area contributed by atoms with Gasteiger partial charge in [0.2, 0.25) is 0 Å². The Kier molecular flexibility index (Phi) is 19.6. The molecule has 3 N–H and O–H groups in total. The van der Waals surface area contributed by atoms with E-state index in [-0.39, 0.29) is 16.9 Å². The number of carbonyl (C=O) groups is 2. The summed E-state index contributed by atoms with van der Waals surface area (Å²) in [6.07, 6.45) is -11.9.